The molecule has 0 spiro atoms. The van der Waals surface area contributed by atoms with Crippen molar-refractivity contribution in [1.82, 2.24) is 10.0 Å². The Morgan fingerprint density at radius 3 is 1.00 bits per heavy atom. The van der Waals surface area contributed by atoms with E-state index >= 15 is 0 Å². The predicted molar refractivity (Wildman–Crippen MR) is 71.7 cm³/mol. The zero-order valence-corrected chi connectivity index (χ0v) is 11.1. The van der Waals surface area contributed by atoms with Crippen LogP contribution in [0.3, 0.4) is 0 Å². The van der Waals surface area contributed by atoms with E-state index in [4.69, 9.17) is 0 Å². The molecule has 1 fully saturated rings. The molecule has 0 atom stereocenters. The van der Waals surface area contributed by atoms with Gasteiger partial charge in [-0.15, -0.1) is 9.81 Å². The third-order valence-electron chi connectivity index (χ3n) is 3.40. The van der Waals surface area contributed by atoms with Crippen LogP contribution in [-0.2, 0) is 0 Å². The lowest BCUT2D eigenvalue weighted by molar-refractivity contribution is 0.248. The van der Waals surface area contributed by atoms with Crippen LogP contribution in [-0.4, -0.2) is 36.2 Å². The molecule has 1 rings (SSSR count). The lowest BCUT2D eigenvalue weighted by Crippen LogP contribution is -2.21. The van der Waals surface area contributed by atoms with E-state index in [-0.39, 0.29) is 0 Å². The summed E-state index contributed by atoms with van der Waals surface area (Å²) in [5.41, 5.74) is 0. The minimum Gasteiger partial charge on any atom is -0.261 e. The fourth-order valence-corrected chi connectivity index (χ4v) is 2.27. The zero-order chi connectivity index (χ0) is 13.1. The average molecular weight is 256 g/mol. The van der Waals surface area contributed by atoms with Crippen LogP contribution < -0.4 is 0 Å². The summed E-state index contributed by atoms with van der Waals surface area (Å²) < 4.78 is 0. The number of hydrogen-bond acceptors (Lipinski definition) is 4. The molecule has 0 radical (unpaired) electrons. The van der Waals surface area contributed by atoms with Gasteiger partial charge in [0.15, 0.2) is 0 Å². The van der Waals surface area contributed by atoms with Crippen LogP contribution in [0.1, 0.15) is 51.4 Å². The van der Waals surface area contributed by atoms with E-state index in [9.17, 15) is 9.81 Å². The predicted octanol–water partition coefficient (Wildman–Crippen LogP) is 3.09. The van der Waals surface area contributed by atoms with Gasteiger partial charge in [0, 0.05) is 26.2 Å². The number of hydrogen-bond donors (Lipinski definition) is 0. The van der Waals surface area contributed by atoms with Crippen molar-refractivity contribution < 1.29 is 0 Å². The van der Waals surface area contributed by atoms with Crippen LogP contribution in [0.25, 0.3) is 0 Å². The second-order valence-corrected chi connectivity index (χ2v) is 4.90. The van der Waals surface area contributed by atoms with Crippen LogP contribution in [0.15, 0.2) is 10.6 Å². The Morgan fingerprint density at radius 2 is 0.778 bits per heavy atom. The molecular weight excluding hydrogens is 232 g/mol. The molecular formula is C12H24N4O2. The SMILES string of the molecule is O=NN1CCCCCCN(N=O)CCCCCC1. The van der Waals surface area contributed by atoms with E-state index in [1.807, 2.05) is 0 Å². The molecule has 0 N–H and O–H groups in total. The Balaban J connectivity index is 2.30. The molecule has 1 aliphatic heterocycles. The standard InChI is InChI=1S/C12H24N4O2/c17-13-15-9-5-1-2-6-10-16(14-18)12-8-4-3-7-11-15/h1-12H2. The Morgan fingerprint density at radius 1 is 0.500 bits per heavy atom. The van der Waals surface area contributed by atoms with Gasteiger partial charge in [-0.25, -0.2) is 0 Å². The first kappa shape index (κ1) is 14.9. The second-order valence-electron chi connectivity index (χ2n) is 4.90. The molecule has 0 amide bonds. The maximum absolute atomic E-state index is 10.6. The molecule has 0 bridgehead atoms. The molecule has 104 valence electrons. The minimum atomic E-state index is 0.763. The fourth-order valence-electron chi connectivity index (χ4n) is 2.27. The van der Waals surface area contributed by atoms with Gasteiger partial charge >= 0.3 is 0 Å². The second kappa shape index (κ2) is 9.79. The lowest BCUT2D eigenvalue weighted by atomic mass is 10.1. The van der Waals surface area contributed by atoms with Crippen molar-refractivity contribution in [1.29, 1.82) is 0 Å². The first-order valence-corrected chi connectivity index (χ1v) is 7.03. The monoisotopic (exact) mass is 256 g/mol. The summed E-state index contributed by atoms with van der Waals surface area (Å²) >= 11 is 0. The molecule has 0 aromatic rings. The summed E-state index contributed by atoms with van der Waals surface area (Å²) in [5.74, 6) is 0. The zero-order valence-electron chi connectivity index (χ0n) is 11.1. The van der Waals surface area contributed by atoms with Crippen LogP contribution in [0.4, 0.5) is 0 Å². The highest BCUT2D eigenvalue weighted by Gasteiger charge is 2.06. The fraction of sp³-hybridized carbons (Fsp3) is 1.00. The van der Waals surface area contributed by atoms with Crippen LogP contribution >= 0.6 is 0 Å². The maximum atomic E-state index is 10.6. The largest absolute Gasteiger partial charge is 0.261 e. The summed E-state index contributed by atoms with van der Waals surface area (Å²) in [5, 5.41) is 9.41. The molecule has 6 heteroatoms. The van der Waals surface area contributed by atoms with Gasteiger partial charge in [0.25, 0.3) is 0 Å². The Hall–Kier alpha value is -1.20. The molecule has 0 unspecified atom stereocenters. The number of rotatable bonds is 2. The van der Waals surface area contributed by atoms with Crippen molar-refractivity contribution in [2.24, 2.45) is 10.6 Å². The molecule has 1 heterocycles. The van der Waals surface area contributed by atoms with Gasteiger partial charge in [-0.2, -0.15) is 0 Å². The highest BCUT2D eigenvalue weighted by molar-refractivity contribution is 4.58. The Labute approximate surface area is 109 Å². The molecule has 0 aromatic heterocycles. The quantitative estimate of drug-likeness (QED) is 0.712. The number of nitrogens with zero attached hydrogens (tertiary/aromatic N) is 4. The van der Waals surface area contributed by atoms with Gasteiger partial charge in [0.2, 0.25) is 0 Å². The van der Waals surface area contributed by atoms with Crippen molar-refractivity contribution in [3.63, 3.8) is 0 Å². The van der Waals surface area contributed by atoms with Gasteiger partial charge in [-0.1, -0.05) is 25.7 Å². The van der Waals surface area contributed by atoms with Gasteiger partial charge in [-0.05, 0) is 25.7 Å². The van der Waals surface area contributed by atoms with Crippen molar-refractivity contribution in [2.75, 3.05) is 26.2 Å². The topological polar surface area (TPSA) is 65.3 Å². The lowest BCUT2D eigenvalue weighted by Gasteiger charge is -2.17. The molecule has 0 aromatic carbocycles. The summed E-state index contributed by atoms with van der Waals surface area (Å²) in [7, 11) is 0. The maximum Gasteiger partial charge on any atom is 0.0523 e. The van der Waals surface area contributed by atoms with Crippen LogP contribution in [0.2, 0.25) is 0 Å². The molecule has 1 aliphatic rings. The molecule has 18 heavy (non-hydrogen) atoms. The van der Waals surface area contributed by atoms with Crippen molar-refractivity contribution in [3.05, 3.63) is 9.81 Å². The summed E-state index contributed by atoms with van der Waals surface area (Å²) in [4.78, 5) is 21.2. The molecule has 0 aliphatic carbocycles. The van der Waals surface area contributed by atoms with Gasteiger partial charge in [0.1, 0.15) is 0 Å². The molecule has 6 nitrogen and oxygen atoms in total. The van der Waals surface area contributed by atoms with Gasteiger partial charge in [0.05, 0.1) is 10.6 Å². The highest BCUT2D eigenvalue weighted by Crippen LogP contribution is 2.09. The third-order valence-corrected chi connectivity index (χ3v) is 3.40. The van der Waals surface area contributed by atoms with Crippen molar-refractivity contribution in [3.8, 4) is 0 Å². The first-order valence-electron chi connectivity index (χ1n) is 7.03. The average Bonchev–Trinajstić information content (AvgIpc) is 2.41. The van der Waals surface area contributed by atoms with E-state index in [1.54, 1.807) is 10.0 Å². The Kier molecular flexibility index (Phi) is 8.08. The minimum absolute atomic E-state index is 0.763. The van der Waals surface area contributed by atoms with E-state index in [0.717, 1.165) is 77.5 Å². The van der Waals surface area contributed by atoms with Gasteiger partial charge < -0.3 is 0 Å². The van der Waals surface area contributed by atoms with Crippen LogP contribution in [0, 0.1) is 9.81 Å². The summed E-state index contributed by atoms with van der Waals surface area (Å²) in [6.07, 6.45) is 8.33. The normalized spacial score (nSPS) is 21.1. The van der Waals surface area contributed by atoms with Crippen molar-refractivity contribution >= 4 is 0 Å². The molecule has 1 saturated heterocycles. The smallest absolute Gasteiger partial charge is 0.0523 e. The van der Waals surface area contributed by atoms with Crippen LogP contribution in [0.5, 0.6) is 0 Å². The summed E-state index contributed by atoms with van der Waals surface area (Å²) in [6, 6.07) is 0. The van der Waals surface area contributed by atoms with Crippen molar-refractivity contribution in [2.45, 2.75) is 51.4 Å². The summed E-state index contributed by atoms with van der Waals surface area (Å²) in [6.45, 7) is 3.05. The highest BCUT2D eigenvalue weighted by atomic mass is 16.3. The van der Waals surface area contributed by atoms with E-state index in [0.29, 0.717) is 0 Å². The molecule has 0 saturated carbocycles. The number of nitroso groups, excluding NO2 is 2. The first-order chi connectivity index (χ1) is 8.86. The third kappa shape index (κ3) is 6.51. The van der Waals surface area contributed by atoms with E-state index < -0.39 is 0 Å². The van der Waals surface area contributed by atoms with Gasteiger partial charge in [-0.3, -0.25) is 10.0 Å². The van der Waals surface area contributed by atoms with E-state index in [2.05, 4.69) is 10.6 Å². The van der Waals surface area contributed by atoms with E-state index in [1.165, 1.54) is 0 Å². The Bertz CT molecular complexity index is 198.